The van der Waals surface area contributed by atoms with Crippen LogP contribution in [-0.4, -0.2) is 65.3 Å². The van der Waals surface area contributed by atoms with Crippen LogP contribution < -0.4 is 5.32 Å². The Bertz CT molecular complexity index is 1520. The first-order valence-corrected chi connectivity index (χ1v) is 15.2. The molecule has 0 aliphatic carbocycles. The maximum atomic E-state index is 14.3. The highest BCUT2D eigenvalue weighted by molar-refractivity contribution is 7.70. The highest BCUT2D eigenvalue weighted by Crippen LogP contribution is 2.55. The maximum absolute atomic E-state index is 14.3. The summed E-state index contributed by atoms with van der Waals surface area (Å²) in [5, 5.41) is 22.2. The minimum Gasteiger partial charge on any atom is -0.388 e. The van der Waals surface area contributed by atoms with Crippen molar-refractivity contribution in [3.63, 3.8) is 0 Å². The number of halogens is 2. The van der Waals surface area contributed by atoms with Crippen LogP contribution in [0.2, 0.25) is 5.15 Å². The molecule has 1 aromatic carbocycles. The summed E-state index contributed by atoms with van der Waals surface area (Å²) in [6.45, 7) is 1.000. The van der Waals surface area contributed by atoms with Crippen molar-refractivity contribution in [2.45, 2.75) is 37.4 Å². The van der Waals surface area contributed by atoms with Crippen LogP contribution in [-0.2, 0) is 18.4 Å². The maximum Gasteiger partial charge on any atom is 0.340 e. The van der Waals surface area contributed by atoms with E-state index in [0.717, 1.165) is 0 Å². The van der Waals surface area contributed by atoms with Crippen LogP contribution in [0.5, 0.6) is 0 Å². The largest absolute Gasteiger partial charge is 0.388 e. The molecular formula is C20H23ClFN7O8P2. The van der Waals surface area contributed by atoms with Crippen molar-refractivity contribution in [2.75, 3.05) is 17.8 Å². The third-order valence-corrected chi connectivity index (χ3v) is 9.50. The number of hydrogen-bond acceptors (Lipinski definition) is 9. The van der Waals surface area contributed by atoms with E-state index in [4.69, 9.17) is 36.2 Å². The Kier molecular flexibility index (Phi) is 8.64. The monoisotopic (exact) mass is 605 g/mol. The number of nitrogens with zero attached hydrogens (tertiary/aromatic N) is 6. The van der Waals surface area contributed by atoms with E-state index in [9.17, 15) is 23.5 Å². The van der Waals surface area contributed by atoms with E-state index in [2.05, 4.69) is 25.4 Å². The normalized spacial score (nSPS) is 23.8. The Labute approximate surface area is 224 Å². The van der Waals surface area contributed by atoms with Crippen LogP contribution in [0.4, 0.5) is 10.1 Å². The molecular weight excluding hydrogens is 583 g/mol. The van der Waals surface area contributed by atoms with Crippen LogP contribution >= 0.6 is 26.8 Å². The van der Waals surface area contributed by atoms with E-state index in [-0.39, 0.29) is 10.8 Å². The first-order valence-electron chi connectivity index (χ1n) is 11.2. The van der Waals surface area contributed by atoms with E-state index in [0.29, 0.717) is 16.6 Å². The fourth-order valence-electron chi connectivity index (χ4n) is 4.17. The van der Waals surface area contributed by atoms with Crippen LogP contribution in [0.1, 0.15) is 24.8 Å². The van der Waals surface area contributed by atoms with Crippen molar-refractivity contribution < 1.29 is 42.6 Å². The molecule has 0 saturated carbocycles. The van der Waals surface area contributed by atoms with Crippen molar-refractivity contribution >= 4 is 43.5 Å². The van der Waals surface area contributed by atoms with Gasteiger partial charge in [0.1, 0.15) is 17.1 Å². The molecule has 0 radical (unpaired) electrons. The molecule has 0 amide bonds. The average molecular weight is 606 g/mol. The first kappa shape index (κ1) is 29.4. The molecule has 2 aromatic heterocycles. The zero-order chi connectivity index (χ0) is 28.5. The molecule has 4 rings (SSSR count). The second-order valence-electron chi connectivity index (χ2n) is 8.70. The summed E-state index contributed by atoms with van der Waals surface area (Å²) in [7, 11) is -9.64. The Hall–Kier alpha value is -2.61. The van der Waals surface area contributed by atoms with Crippen LogP contribution in [0.25, 0.3) is 21.5 Å². The zero-order valence-corrected chi connectivity index (χ0v) is 22.6. The molecule has 1 saturated heterocycles. The number of azide groups is 1. The second-order valence-corrected chi connectivity index (χ2v) is 13.1. The smallest absolute Gasteiger partial charge is 0.340 e. The lowest BCUT2D eigenvalue weighted by Gasteiger charge is -2.19. The van der Waals surface area contributed by atoms with Crippen LogP contribution in [0, 0.1) is 5.82 Å². The minimum atomic E-state index is -4.88. The SMILES string of the molecule is C[C@H](Nc1cc(Cl)nc2c1cnn2[C@@H]1O[C@H](COP(=O)(O)CP(=O)(O)O)[C@@H](N=[N+]=[N-])[C@H]1O)c1ccccc1F. The van der Waals surface area contributed by atoms with Gasteiger partial charge in [-0.25, -0.2) is 14.1 Å². The zero-order valence-electron chi connectivity index (χ0n) is 20.0. The van der Waals surface area contributed by atoms with Gasteiger partial charge < -0.3 is 34.4 Å². The molecule has 1 aliphatic heterocycles. The summed E-state index contributed by atoms with van der Waals surface area (Å²) in [5.41, 5.74) is 9.95. The summed E-state index contributed by atoms with van der Waals surface area (Å²) in [6, 6.07) is 5.94. The number of hydrogen-bond donors (Lipinski definition) is 5. The van der Waals surface area contributed by atoms with Gasteiger partial charge in [0.15, 0.2) is 17.8 Å². The Morgan fingerprint density at radius 2 is 2.08 bits per heavy atom. The van der Waals surface area contributed by atoms with Crippen molar-refractivity contribution in [1.82, 2.24) is 14.8 Å². The molecule has 0 bridgehead atoms. The second kappa shape index (κ2) is 11.5. The molecule has 1 aliphatic rings. The molecule has 3 aromatic rings. The van der Waals surface area contributed by atoms with Gasteiger partial charge in [-0.1, -0.05) is 34.9 Å². The minimum absolute atomic E-state index is 0.0325. The van der Waals surface area contributed by atoms with Gasteiger partial charge in [-0.05, 0) is 24.6 Å². The number of fused-ring (bicyclic) bond motifs is 1. The summed E-state index contributed by atoms with van der Waals surface area (Å²) in [6.07, 6.45) is -2.75. The molecule has 1 unspecified atom stereocenters. The van der Waals surface area contributed by atoms with E-state index in [1.54, 1.807) is 25.1 Å². The molecule has 1 fully saturated rings. The Morgan fingerprint density at radius 3 is 2.74 bits per heavy atom. The Balaban J connectivity index is 1.61. The molecule has 6 atom stereocenters. The predicted octanol–water partition coefficient (Wildman–Crippen LogP) is 3.67. The number of aromatic nitrogens is 3. The van der Waals surface area contributed by atoms with Gasteiger partial charge in [0.05, 0.1) is 42.1 Å². The highest BCUT2D eigenvalue weighted by atomic mass is 35.5. The summed E-state index contributed by atoms with van der Waals surface area (Å²) in [4.78, 5) is 34.6. The van der Waals surface area contributed by atoms with Crippen LogP contribution in [0.3, 0.4) is 0 Å². The quantitative estimate of drug-likeness (QED) is 0.0736. The lowest BCUT2D eigenvalue weighted by Crippen LogP contribution is -2.32. The Morgan fingerprint density at radius 1 is 1.36 bits per heavy atom. The number of benzene rings is 1. The number of anilines is 1. The van der Waals surface area contributed by atoms with Gasteiger partial charge in [0.25, 0.3) is 0 Å². The standard InChI is InChI=1S/C20H23ClFN7O8P2/c1-10(11-4-2-3-5-13(11)22)25-14-6-16(21)26-19-12(14)7-24-29(19)20-18(30)17(27-28-23)15(37-20)8-36-39(34,35)9-38(31,32)33/h2-7,10,15,17-18,20,30H,8-9H2,1H3,(H,25,26)(H,34,35)(H2,31,32,33)/t10-,15+,17+,18+,20+/m0/s1. The van der Waals surface area contributed by atoms with Gasteiger partial charge in [-0.3, -0.25) is 9.13 Å². The molecule has 19 heteroatoms. The van der Waals surface area contributed by atoms with Crippen molar-refractivity contribution in [3.8, 4) is 0 Å². The summed E-state index contributed by atoms with van der Waals surface area (Å²) < 4.78 is 49.1. The van der Waals surface area contributed by atoms with E-state index in [1.807, 2.05) is 0 Å². The molecule has 39 heavy (non-hydrogen) atoms. The molecule has 5 N–H and O–H groups in total. The fraction of sp³-hybridized carbons (Fsp3) is 0.400. The summed E-state index contributed by atoms with van der Waals surface area (Å²) in [5.74, 6) is -1.84. The van der Waals surface area contributed by atoms with E-state index >= 15 is 0 Å². The third kappa shape index (κ3) is 6.76. The number of ether oxygens (including phenoxy) is 1. The van der Waals surface area contributed by atoms with E-state index in [1.165, 1.54) is 23.0 Å². The lowest BCUT2D eigenvalue weighted by molar-refractivity contribution is -0.0528. The van der Waals surface area contributed by atoms with Gasteiger partial charge in [-0.15, -0.1) is 0 Å². The number of pyridine rings is 1. The molecule has 210 valence electrons. The van der Waals surface area contributed by atoms with Gasteiger partial charge in [0.2, 0.25) is 0 Å². The highest BCUT2D eigenvalue weighted by Gasteiger charge is 2.46. The predicted molar refractivity (Wildman–Crippen MR) is 137 cm³/mol. The molecule has 15 nitrogen and oxygen atoms in total. The van der Waals surface area contributed by atoms with Crippen LogP contribution in [0.15, 0.2) is 41.6 Å². The molecule has 3 heterocycles. The third-order valence-electron chi connectivity index (χ3n) is 5.85. The number of aliphatic hydroxyl groups is 1. The van der Waals surface area contributed by atoms with Gasteiger partial charge in [0, 0.05) is 10.5 Å². The molecule has 0 spiro atoms. The fourth-order valence-corrected chi connectivity index (χ4v) is 6.92. The van der Waals surface area contributed by atoms with E-state index < -0.39 is 64.0 Å². The lowest BCUT2D eigenvalue weighted by atomic mass is 10.1. The summed E-state index contributed by atoms with van der Waals surface area (Å²) >= 11 is 6.24. The first-order chi connectivity index (χ1) is 18.3. The van der Waals surface area contributed by atoms with Crippen molar-refractivity contribution in [3.05, 3.63) is 63.5 Å². The number of rotatable bonds is 10. The van der Waals surface area contributed by atoms with Gasteiger partial charge in [-0.2, -0.15) is 5.10 Å². The van der Waals surface area contributed by atoms with Crippen molar-refractivity contribution in [2.24, 2.45) is 5.11 Å². The van der Waals surface area contributed by atoms with Gasteiger partial charge >= 0.3 is 15.2 Å². The number of aliphatic hydroxyl groups excluding tert-OH is 1. The number of nitrogens with one attached hydrogen (secondary N) is 1. The van der Waals surface area contributed by atoms with Crippen molar-refractivity contribution in [1.29, 1.82) is 0 Å². The topological polar surface area (TPSA) is 225 Å². The average Bonchev–Trinajstić information content (AvgIpc) is 3.38.